The Morgan fingerprint density at radius 1 is 1.62 bits per heavy atom. The molecule has 0 saturated carbocycles. The van der Waals surface area contributed by atoms with E-state index in [4.69, 9.17) is 0 Å². The summed E-state index contributed by atoms with van der Waals surface area (Å²) in [6.07, 6.45) is 5.80. The Bertz CT molecular complexity index is 309. The normalized spacial score (nSPS) is 21.2. The molecule has 0 spiro atoms. The standard InChI is InChI=1S/C12H17N/c1-3-10-6-5-9-13-11(4-2)7-8-12(10)13/h3,7-8,10H,1,4-6,9H2,2H3. The molecule has 1 atom stereocenters. The minimum absolute atomic E-state index is 0.592. The van der Waals surface area contributed by atoms with Crippen molar-refractivity contribution in [3.05, 3.63) is 36.2 Å². The van der Waals surface area contributed by atoms with Crippen molar-refractivity contribution in [3.8, 4) is 0 Å². The number of rotatable bonds is 2. The van der Waals surface area contributed by atoms with Crippen LogP contribution in [0.25, 0.3) is 0 Å². The summed E-state index contributed by atoms with van der Waals surface area (Å²) in [5.41, 5.74) is 2.94. The van der Waals surface area contributed by atoms with E-state index in [1.807, 2.05) is 0 Å². The lowest BCUT2D eigenvalue weighted by atomic mass is 9.96. The summed E-state index contributed by atoms with van der Waals surface area (Å²) in [6, 6.07) is 4.53. The SMILES string of the molecule is C=CC1CCCn2c(CC)ccc21. The fourth-order valence-electron chi connectivity index (χ4n) is 2.29. The van der Waals surface area contributed by atoms with Crippen molar-refractivity contribution in [2.24, 2.45) is 0 Å². The Labute approximate surface area is 80.1 Å². The van der Waals surface area contributed by atoms with Crippen molar-refractivity contribution >= 4 is 0 Å². The number of hydrogen-bond donors (Lipinski definition) is 0. The van der Waals surface area contributed by atoms with Gasteiger partial charge in [0.2, 0.25) is 0 Å². The summed E-state index contributed by atoms with van der Waals surface area (Å²) in [7, 11) is 0. The number of aryl methyl sites for hydroxylation is 1. The predicted octanol–water partition coefficient (Wildman–Crippen LogP) is 3.11. The molecular formula is C12H17N. The molecule has 0 aliphatic carbocycles. The first-order valence-electron chi connectivity index (χ1n) is 5.17. The van der Waals surface area contributed by atoms with E-state index in [0.29, 0.717) is 5.92 Å². The van der Waals surface area contributed by atoms with Gasteiger partial charge in [0, 0.05) is 23.9 Å². The lowest BCUT2D eigenvalue weighted by Gasteiger charge is -2.23. The molecule has 0 aromatic carbocycles. The van der Waals surface area contributed by atoms with Crippen LogP contribution in [0, 0.1) is 0 Å². The zero-order chi connectivity index (χ0) is 9.26. The molecule has 1 aliphatic rings. The van der Waals surface area contributed by atoms with E-state index in [2.05, 4.69) is 36.3 Å². The Hall–Kier alpha value is -0.980. The van der Waals surface area contributed by atoms with Gasteiger partial charge in [-0.1, -0.05) is 13.0 Å². The van der Waals surface area contributed by atoms with Gasteiger partial charge in [0.25, 0.3) is 0 Å². The Morgan fingerprint density at radius 3 is 3.15 bits per heavy atom. The zero-order valence-electron chi connectivity index (χ0n) is 8.29. The molecule has 2 rings (SSSR count). The Morgan fingerprint density at radius 2 is 2.46 bits per heavy atom. The van der Waals surface area contributed by atoms with Gasteiger partial charge in [0.15, 0.2) is 0 Å². The summed E-state index contributed by atoms with van der Waals surface area (Å²) >= 11 is 0. The summed E-state index contributed by atoms with van der Waals surface area (Å²) < 4.78 is 2.47. The molecule has 1 aromatic rings. The molecule has 0 bridgehead atoms. The molecule has 0 N–H and O–H groups in total. The van der Waals surface area contributed by atoms with Gasteiger partial charge in [-0.25, -0.2) is 0 Å². The minimum Gasteiger partial charge on any atom is -0.348 e. The maximum atomic E-state index is 3.90. The highest BCUT2D eigenvalue weighted by molar-refractivity contribution is 5.24. The molecule has 2 heterocycles. The van der Waals surface area contributed by atoms with Crippen LogP contribution in [0.1, 0.15) is 37.1 Å². The van der Waals surface area contributed by atoms with Gasteiger partial charge in [0.1, 0.15) is 0 Å². The summed E-state index contributed by atoms with van der Waals surface area (Å²) in [4.78, 5) is 0. The highest BCUT2D eigenvalue weighted by Crippen LogP contribution is 2.30. The van der Waals surface area contributed by atoms with Crippen LogP contribution in [0.5, 0.6) is 0 Å². The third-order valence-electron chi connectivity index (χ3n) is 3.03. The number of allylic oxidation sites excluding steroid dienone is 1. The van der Waals surface area contributed by atoms with E-state index in [1.54, 1.807) is 0 Å². The molecule has 0 radical (unpaired) electrons. The highest BCUT2D eigenvalue weighted by Gasteiger charge is 2.18. The van der Waals surface area contributed by atoms with Crippen LogP contribution in [0.3, 0.4) is 0 Å². The summed E-state index contributed by atoms with van der Waals surface area (Å²) in [5.74, 6) is 0.592. The fourth-order valence-corrected chi connectivity index (χ4v) is 2.29. The fraction of sp³-hybridized carbons (Fsp3) is 0.500. The quantitative estimate of drug-likeness (QED) is 0.609. The van der Waals surface area contributed by atoms with Crippen LogP contribution in [0.4, 0.5) is 0 Å². The van der Waals surface area contributed by atoms with Crippen molar-refractivity contribution in [3.63, 3.8) is 0 Å². The molecule has 0 fully saturated rings. The first kappa shape index (κ1) is 8.61. The number of nitrogens with zero attached hydrogens (tertiary/aromatic N) is 1. The second-order valence-corrected chi connectivity index (χ2v) is 3.74. The van der Waals surface area contributed by atoms with Crippen molar-refractivity contribution in [2.75, 3.05) is 0 Å². The van der Waals surface area contributed by atoms with E-state index in [-0.39, 0.29) is 0 Å². The smallest absolute Gasteiger partial charge is 0.0246 e. The van der Waals surface area contributed by atoms with Gasteiger partial charge in [0.05, 0.1) is 0 Å². The lowest BCUT2D eigenvalue weighted by Crippen LogP contribution is -2.15. The minimum atomic E-state index is 0.592. The number of hydrogen-bond acceptors (Lipinski definition) is 0. The first-order valence-corrected chi connectivity index (χ1v) is 5.17. The maximum Gasteiger partial charge on any atom is 0.0246 e. The molecule has 1 heteroatoms. The predicted molar refractivity (Wildman–Crippen MR) is 56.0 cm³/mol. The third-order valence-corrected chi connectivity index (χ3v) is 3.03. The van der Waals surface area contributed by atoms with Crippen LogP contribution in [-0.2, 0) is 13.0 Å². The van der Waals surface area contributed by atoms with Crippen molar-refractivity contribution < 1.29 is 0 Å². The van der Waals surface area contributed by atoms with Crippen molar-refractivity contribution in [2.45, 2.75) is 38.6 Å². The van der Waals surface area contributed by atoms with Crippen LogP contribution < -0.4 is 0 Å². The molecule has 13 heavy (non-hydrogen) atoms. The highest BCUT2D eigenvalue weighted by atomic mass is 15.0. The monoisotopic (exact) mass is 175 g/mol. The van der Waals surface area contributed by atoms with Crippen LogP contribution in [0.2, 0.25) is 0 Å². The van der Waals surface area contributed by atoms with E-state index in [9.17, 15) is 0 Å². The second kappa shape index (κ2) is 3.41. The van der Waals surface area contributed by atoms with Crippen molar-refractivity contribution in [1.29, 1.82) is 0 Å². The molecule has 0 saturated heterocycles. The van der Waals surface area contributed by atoms with Crippen LogP contribution >= 0.6 is 0 Å². The van der Waals surface area contributed by atoms with Gasteiger partial charge in [-0.15, -0.1) is 6.58 Å². The van der Waals surface area contributed by atoms with Crippen molar-refractivity contribution in [1.82, 2.24) is 4.57 Å². The average molecular weight is 175 g/mol. The van der Waals surface area contributed by atoms with E-state index < -0.39 is 0 Å². The first-order chi connectivity index (χ1) is 6.36. The van der Waals surface area contributed by atoms with Gasteiger partial charge < -0.3 is 4.57 Å². The van der Waals surface area contributed by atoms with Gasteiger partial charge in [-0.3, -0.25) is 0 Å². The Kier molecular flexibility index (Phi) is 2.26. The molecule has 1 unspecified atom stereocenters. The van der Waals surface area contributed by atoms with E-state index >= 15 is 0 Å². The Balaban J connectivity index is 2.41. The summed E-state index contributed by atoms with van der Waals surface area (Å²) in [6.45, 7) is 7.33. The molecular weight excluding hydrogens is 158 g/mol. The lowest BCUT2D eigenvalue weighted by molar-refractivity contribution is 0.488. The zero-order valence-corrected chi connectivity index (χ0v) is 8.29. The number of aromatic nitrogens is 1. The molecule has 1 nitrogen and oxygen atoms in total. The summed E-state index contributed by atoms with van der Waals surface area (Å²) in [5, 5.41) is 0. The van der Waals surface area contributed by atoms with Gasteiger partial charge in [-0.05, 0) is 31.4 Å². The van der Waals surface area contributed by atoms with Crippen LogP contribution in [-0.4, -0.2) is 4.57 Å². The molecule has 1 aromatic heterocycles. The molecule has 1 aliphatic heterocycles. The maximum absolute atomic E-state index is 3.90. The molecule has 70 valence electrons. The average Bonchev–Trinajstić information content (AvgIpc) is 2.60. The largest absolute Gasteiger partial charge is 0.348 e. The van der Waals surface area contributed by atoms with E-state index in [1.165, 1.54) is 30.8 Å². The van der Waals surface area contributed by atoms with Gasteiger partial charge >= 0.3 is 0 Å². The molecule has 0 amide bonds. The van der Waals surface area contributed by atoms with Crippen LogP contribution in [0.15, 0.2) is 24.8 Å². The third kappa shape index (κ3) is 1.32. The second-order valence-electron chi connectivity index (χ2n) is 3.74. The number of fused-ring (bicyclic) bond motifs is 1. The van der Waals surface area contributed by atoms with Gasteiger partial charge in [-0.2, -0.15) is 0 Å². The van der Waals surface area contributed by atoms with E-state index in [0.717, 1.165) is 6.42 Å². The topological polar surface area (TPSA) is 4.93 Å².